The van der Waals surface area contributed by atoms with Gasteiger partial charge in [-0.05, 0) is 59.6 Å². The van der Waals surface area contributed by atoms with Gasteiger partial charge in [-0.25, -0.2) is 4.79 Å². The predicted molar refractivity (Wildman–Crippen MR) is 122 cm³/mol. The fourth-order valence-electron chi connectivity index (χ4n) is 4.00. The maximum absolute atomic E-state index is 12.4. The van der Waals surface area contributed by atoms with Crippen molar-refractivity contribution >= 4 is 17.6 Å². The van der Waals surface area contributed by atoms with E-state index in [4.69, 9.17) is 9.47 Å². The molecule has 0 unspecified atom stereocenters. The molecule has 2 rings (SSSR count). The van der Waals surface area contributed by atoms with Crippen LogP contribution in [0.4, 0.5) is 5.69 Å². The number of carbonyl (C=O) groups is 2. The summed E-state index contributed by atoms with van der Waals surface area (Å²) in [5.74, 6) is -0.489. The number of hydrogen-bond acceptors (Lipinski definition) is 4. The second-order valence-electron chi connectivity index (χ2n) is 9.60. The van der Waals surface area contributed by atoms with Crippen molar-refractivity contribution < 1.29 is 24.2 Å². The highest BCUT2D eigenvalue weighted by atomic mass is 16.5. The van der Waals surface area contributed by atoms with Gasteiger partial charge in [-0.1, -0.05) is 46.8 Å². The van der Waals surface area contributed by atoms with Crippen molar-refractivity contribution in [1.29, 1.82) is 0 Å². The van der Waals surface area contributed by atoms with E-state index in [2.05, 4.69) is 39.9 Å². The SMILES string of the molecule is COc1ccc(C(=O)O)c(C)c1NC(=O)COc1ccc(C(C)(C)CC(C)(C)C)cc1. The predicted octanol–water partition coefficient (Wildman–Crippen LogP) is 5.43. The van der Waals surface area contributed by atoms with Crippen molar-refractivity contribution in [1.82, 2.24) is 0 Å². The summed E-state index contributed by atoms with van der Waals surface area (Å²) in [5, 5.41) is 12.0. The summed E-state index contributed by atoms with van der Waals surface area (Å²) in [6, 6.07) is 10.8. The Balaban J connectivity index is 2.06. The number of methoxy groups -OCH3 is 1. The van der Waals surface area contributed by atoms with Crippen molar-refractivity contribution in [2.45, 2.75) is 53.4 Å². The number of carboxylic acid groups (broad SMARTS) is 1. The fourth-order valence-corrected chi connectivity index (χ4v) is 4.00. The van der Waals surface area contributed by atoms with E-state index in [1.165, 1.54) is 24.8 Å². The second kappa shape index (κ2) is 9.41. The van der Waals surface area contributed by atoms with Crippen molar-refractivity contribution in [2.75, 3.05) is 19.0 Å². The summed E-state index contributed by atoms with van der Waals surface area (Å²) in [6.07, 6.45) is 1.04. The van der Waals surface area contributed by atoms with Crippen molar-refractivity contribution in [3.05, 3.63) is 53.1 Å². The van der Waals surface area contributed by atoms with Crippen LogP contribution in [0.1, 0.15) is 62.5 Å². The topological polar surface area (TPSA) is 84.9 Å². The molecule has 0 aromatic heterocycles. The Hall–Kier alpha value is -3.02. The van der Waals surface area contributed by atoms with Crippen molar-refractivity contribution in [2.24, 2.45) is 5.41 Å². The molecule has 2 aromatic carbocycles. The normalized spacial score (nSPS) is 11.7. The van der Waals surface area contributed by atoms with Gasteiger partial charge in [-0.3, -0.25) is 4.79 Å². The first-order valence-electron chi connectivity index (χ1n) is 10.3. The first-order chi connectivity index (χ1) is 14.3. The molecule has 0 atom stereocenters. The average molecular weight is 428 g/mol. The third-order valence-corrected chi connectivity index (χ3v) is 5.12. The minimum Gasteiger partial charge on any atom is -0.495 e. The van der Waals surface area contributed by atoms with Gasteiger partial charge < -0.3 is 19.9 Å². The zero-order valence-electron chi connectivity index (χ0n) is 19.5. The molecule has 6 nitrogen and oxygen atoms in total. The van der Waals surface area contributed by atoms with Gasteiger partial charge in [0, 0.05) is 0 Å². The Morgan fingerprint density at radius 3 is 2.13 bits per heavy atom. The van der Waals surface area contributed by atoms with E-state index in [1.807, 2.05) is 24.3 Å². The molecule has 0 bridgehead atoms. The Labute approximate surface area is 184 Å². The average Bonchev–Trinajstić information content (AvgIpc) is 2.66. The molecule has 2 aromatic rings. The van der Waals surface area contributed by atoms with Crippen molar-refractivity contribution in [3.63, 3.8) is 0 Å². The summed E-state index contributed by atoms with van der Waals surface area (Å²) in [7, 11) is 1.46. The van der Waals surface area contributed by atoms with E-state index >= 15 is 0 Å². The number of ether oxygens (including phenoxy) is 2. The van der Waals surface area contributed by atoms with Crippen LogP contribution in [-0.4, -0.2) is 30.7 Å². The van der Waals surface area contributed by atoms with Gasteiger partial charge in [0.2, 0.25) is 0 Å². The highest BCUT2D eigenvalue weighted by molar-refractivity contribution is 5.98. The standard InChI is InChI=1S/C25H33NO5/c1-16-19(23(28)29)12-13-20(30-7)22(16)26-21(27)14-31-18-10-8-17(9-11-18)25(5,6)15-24(2,3)4/h8-13H,14-15H2,1-7H3,(H,26,27)(H,28,29). The van der Waals surface area contributed by atoms with E-state index < -0.39 is 11.9 Å². The third kappa shape index (κ3) is 6.48. The van der Waals surface area contributed by atoms with Gasteiger partial charge in [0.05, 0.1) is 18.4 Å². The van der Waals surface area contributed by atoms with E-state index in [0.29, 0.717) is 22.7 Å². The minimum atomic E-state index is -1.07. The van der Waals surface area contributed by atoms with Crippen LogP contribution >= 0.6 is 0 Å². The lowest BCUT2D eigenvalue weighted by atomic mass is 9.72. The molecule has 0 saturated heterocycles. The number of amides is 1. The molecule has 31 heavy (non-hydrogen) atoms. The van der Waals surface area contributed by atoms with Gasteiger partial charge in [-0.15, -0.1) is 0 Å². The van der Waals surface area contributed by atoms with Crippen LogP contribution in [0.25, 0.3) is 0 Å². The van der Waals surface area contributed by atoms with Gasteiger partial charge in [0.25, 0.3) is 5.91 Å². The minimum absolute atomic E-state index is 0.0252. The van der Waals surface area contributed by atoms with Crippen LogP contribution < -0.4 is 14.8 Å². The van der Waals surface area contributed by atoms with Crippen LogP contribution in [0.2, 0.25) is 0 Å². The van der Waals surface area contributed by atoms with E-state index in [9.17, 15) is 14.7 Å². The lowest BCUT2D eigenvalue weighted by molar-refractivity contribution is -0.118. The van der Waals surface area contributed by atoms with E-state index in [1.54, 1.807) is 6.92 Å². The fraction of sp³-hybridized carbons (Fsp3) is 0.440. The molecule has 0 aliphatic rings. The summed E-state index contributed by atoms with van der Waals surface area (Å²) >= 11 is 0. The molecule has 0 aliphatic heterocycles. The summed E-state index contributed by atoms with van der Waals surface area (Å²) < 4.78 is 10.9. The lowest BCUT2D eigenvalue weighted by Crippen LogP contribution is -2.24. The Kier molecular flexibility index (Phi) is 7.37. The number of hydrogen-bond donors (Lipinski definition) is 2. The Morgan fingerprint density at radius 1 is 1.00 bits per heavy atom. The molecule has 0 spiro atoms. The second-order valence-corrected chi connectivity index (χ2v) is 9.60. The smallest absolute Gasteiger partial charge is 0.336 e. The zero-order valence-corrected chi connectivity index (χ0v) is 19.5. The van der Waals surface area contributed by atoms with E-state index in [0.717, 1.165) is 6.42 Å². The Bertz CT molecular complexity index is 940. The molecule has 0 aliphatic carbocycles. The maximum Gasteiger partial charge on any atom is 0.336 e. The molecule has 2 N–H and O–H groups in total. The number of carboxylic acids is 1. The van der Waals surface area contributed by atoms with Crippen molar-refractivity contribution in [3.8, 4) is 11.5 Å². The summed E-state index contributed by atoms with van der Waals surface area (Å²) in [6.45, 7) is 12.6. The molecule has 0 radical (unpaired) electrons. The first-order valence-corrected chi connectivity index (χ1v) is 10.3. The van der Waals surface area contributed by atoms with Crippen LogP contribution in [-0.2, 0) is 10.2 Å². The van der Waals surface area contributed by atoms with Gasteiger partial charge >= 0.3 is 5.97 Å². The van der Waals surface area contributed by atoms with Crippen LogP contribution in [0.3, 0.4) is 0 Å². The van der Waals surface area contributed by atoms with E-state index in [-0.39, 0.29) is 23.0 Å². The number of rotatable bonds is 8. The molecule has 0 saturated carbocycles. The zero-order chi connectivity index (χ0) is 23.4. The molecule has 168 valence electrons. The number of benzene rings is 2. The van der Waals surface area contributed by atoms with Crippen LogP contribution in [0.15, 0.2) is 36.4 Å². The molecule has 1 amide bonds. The maximum atomic E-state index is 12.4. The van der Waals surface area contributed by atoms with Gasteiger partial charge in [0.1, 0.15) is 11.5 Å². The highest BCUT2D eigenvalue weighted by Crippen LogP contribution is 2.36. The Morgan fingerprint density at radius 2 is 1.61 bits per heavy atom. The molecule has 0 heterocycles. The molecule has 0 fully saturated rings. The monoisotopic (exact) mass is 427 g/mol. The molecular weight excluding hydrogens is 394 g/mol. The molecular formula is C25H33NO5. The summed E-state index contributed by atoms with van der Waals surface area (Å²) in [4.78, 5) is 23.8. The number of carbonyl (C=O) groups excluding carboxylic acids is 1. The number of aromatic carboxylic acids is 1. The first kappa shape index (κ1) is 24.3. The summed E-state index contributed by atoms with van der Waals surface area (Å²) in [5.41, 5.74) is 2.31. The number of nitrogens with one attached hydrogen (secondary N) is 1. The third-order valence-electron chi connectivity index (χ3n) is 5.12. The van der Waals surface area contributed by atoms with Crippen LogP contribution in [0, 0.1) is 12.3 Å². The lowest BCUT2D eigenvalue weighted by Gasteiger charge is -2.33. The highest BCUT2D eigenvalue weighted by Gasteiger charge is 2.27. The quantitative estimate of drug-likeness (QED) is 0.586. The largest absolute Gasteiger partial charge is 0.495 e. The number of anilines is 1. The van der Waals surface area contributed by atoms with Gasteiger partial charge in [0.15, 0.2) is 6.61 Å². The molecule has 6 heteroatoms. The van der Waals surface area contributed by atoms with Gasteiger partial charge in [-0.2, -0.15) is 0 Å². The van der Waals surface area contributed by atoms with Crippen LogP contribution in [0.5, 0.6) is 11.5 Å².